The Morgan fingerprint density at radius 2 is 1.70 bits per heavy atom. The first-order valence-corrected chi connectivity index (χ1v) is 6.56. The zero-order chi connectivity index (χ0) is 15.2. The average Bonchev–Trinajstić information content (AvgIpc) is 2.54. The number of alkyl halides is 3. The fraction of sp³-hybridized carbons (Fsp3) is 0.417. The van der Waals surface area contributed by atoms with Crippen LogP contribution in [0.5, 0.6) is 0 Å². The second-order valence-corrected chi connectivity index (χ2v) is 5.38. The number of nitrogens with one attached hydrogen (secondary N) is 1. The van der Waals surface area contributed by atoms with Crippen LogP contribution in [-0.2, 0) is 14.1 Å². The highest BCUT2D eigenvalue weighted by atomic mass is 79.9. The Balaban J connectivity index is 2.76. The van der Waals surface area contributed by atoms with E-state index < -0.39 is 12.2 Å². The van der Waals surface area contributed by atoms with Gasteiger partial charge in [-0.3, -0.25) is 9.13 Å². The third kappa shape index (κ3) is 2.26. The van der Waals surface area contributed by atoms with Gasteiger partial charge in [0.2, 0.25) is 0 Å². The molecule has 1 aromatic carbocycles. The molecular formula is C12H13BrF3N3O. The highest BCUT2D eigenvalue weighted by Crippen LogP contribution is 2.37. The SMILES string of the molecule is CNC(c1cc2c(cc1Br)n(C)c(=O)n2C)C(F)(F)F. The molecule has 0 saturated carbocycles. The number of imidazole rings is 1. The smallest absolute Gasteiger partial charge is 0.306 e. The third-order valence-corrected chi connectivity index (χ3v) is 4.00. The molecule has 1 heterocycles. The number of benzene rings is 1. The second kappa shape index (κ2) is 4.92. The third-order valence-electron chi connectivity index (χ3n) is 3.32. The Bertz CT molecular complexity index is 717. The van der Waals surface area contributed by atoms with E-state index in [-0.39, 0.29) is 11.3 Å². The van der Waals surface area contributed by atoms with Crippen LogP contribution >= 0.6 is 15.9 Å². The summed E-state index contributed by atoms with van der Waals surface area (Å²) in [6.45, 7) is 0. The van der Waals surface area contributed by atoms with Crippen molar-refractivity contribution in [1.29, 1.82) is 0 Å². The number of aryl methyl sites for hydroxylation is 2. The van der Waals surface area contributed by atoms with Gasteiger partial charge in [0, 0.05) is 18.6 Å². The number of nitrogens with zero attached hydrogens (tertiary/aromatic N) is 2. The first-order chi connectivity index (χ1) is 9.18. The van der Waals surface area contributed by atoms with Crippen molar-refractivity contribution in [2.24, 2.45) is 14.1 Å². The molecule has 0 bridgehead atoms. The van der Waals surface area contributed by atoms with Crippen LogP contribution < -0.4 is 11.0 Å². The Kier molecular flexibility index (Phi) is 3.72. The van der Waals surface area contributed by atoms with Crippen LogP contribution in [0.3, 0.4) is 0 Å². The van der Waals surface area contributed by atoms with Crippen molar-refractivity contribution >= 4 is 27.0 Å². The predicted molar refractivity (Wildman–Crippen MR) is 73.7 cm³/mol. The summed E-state index contributed by atoms with van der Waals surface area (Å²) in [5.41, 5.74) is 0.802. The Morgan fingerprint density at radius 1 is 1.20 bits per heavy atom. The second-order valence-electron chi connectivity index (χ2n) is 4.53. The molecule has 1 N–H and O–H groups in total. The van der Waals surface area contributed by atoms with E-state index in [0.29, 0.717) is 15.5 Å². The van der Waals surface area contributed by atoms with Gasteiger partial charge in [0.25, 0.3) is 0 Å². The molecule has 1 atom stereocenters. The normalized spacial score (nSPS) is 13.9. The first kappa shape index (κ1) is 15.1. The predicted octanol–water partition coefficient (Wildman–Crippen LogP) is 2.46. The fourth-order valence-electron chi connectivity index (χ4n) is 2.25. The summed E-state index contributed by atoms with van der Waals surface area (Å²) in [5, 5.41) is 2.26. The van der Waals surface area contributed by atoms with Crippen LogP contribution in [0.25, 0.3) is 11.0 Å². The molecule has 0 radical (unpaired) electrons. The molecular weight excluding hydrogens is 339 g/mol. The van der Waals surface area contributed by atoms with E-state index in [1.807, 2.05) is 0 Å². The maximum absolute atomic E-state index is 13.0. The van der Waals surface area contributed by atoms with Gasteiger partial charge < -0.3 is 5.32 Å². The lowest BCUT2D eigenvalue weighted by Gasteiger charge is -2.21. The molecule has 4 nitrogen and oxygen atoms in total. The van der Waals surface area contributed by atoms with Crippen molar-refractivity contribution < 1.29 is 13.2 Å². The molecule has 0 aliphatic carbocycles. The quantitative estimate of drug-likeness (QED) is 0.902. The van der Waals surface area contributed by atoms with E-state index in [1.165, 1.54) is 35.4 Å². The molecule has 0 fully saturated rings. The lowest BCUT2D eigenvalue weighted by atomic mass is 10.1. The van der Waals surface area contributed by atoms with E-state index in [9.17, 15) is 18.0 Å². The minimum atomic E-state index is -4.42. The van der Waals surface area contributed by atoms with E-state index >= 15 is 0 Å². The van der Waals surface area contributed by atoms with Crippen molar-refractivity contribution in [3.63, 3.8) is 0 Å². The number of hydrogen-bond acceptors (Lipinski definition) is 2. The number of rotatable bonds is 2. The molecule has 1 unspecified atom stereocenters. The minimum Gasteiger partial charge on any atom is -0.306 e. The number of fused-ring (bicyclic) bond motifs is 1. The van der Waals surface area contributed by atoms with Gasteiger partial charge in [0.05, 0.1) is 11.0 Å². The maximum atomic E-state index is 13.0. The lowest BCUT2D eigenvalue weighted by Crippen LogP contribution is -2.31. The van der Waals surface area contributed by atoms with Crippen molar-refractivity contribution in [2.75, 3.05) is 7.05 Å². The number of hydrogen-bond donors (Lipinski definition) is 1. The molecule has 1 aromatic heterocycles. The summed E-state index contributed by atoms with van der Waals surface area (Å²) < 4.78 is 42.1. The van der Waals surface area contributed by atoms with E-state index in [1.54, 1.807) is 7.05 Å². The highest BCUT2D eigenvalue weighted by Gasteiger charge is 2.41. The standard InChI is InChI=1S/C12H13BrF3N3O/c1-17-10(12(14,15)16)6-4-8-9(5-7(6)13)19(3)11(20)18(8)2/h4-5,10,17H,1-3H3. The molecule has 110 valence electrons. The molecule has 2 rings (SSSR count). The molecule has 8 heteroatoms. The molecule has 0 spiro atoms. The van der Waals surface area contributed by atoms with Crippen LogP contribution in [0, 0.1) is 0 Å². The van der Waals surface area contributed by atoms with Gasteiger partial charge >= 0.3 is 11.9 Å². The first-order valence-electron chi connectivity index (χ1n) is 5.77. The van der Waals surface area contributed by atoms with Gasteiger partial charge in [-0.25, -0.2) is 4.79 Å². The monoisotopic (exact) mass is 351 g/mol. The summed E-state index contributed by atoms with van der Waals surface area (Å²) >= 11 is 3.15. The van der Waals surface area contributed by atoms with Crippen LogP contribution in [-0.4, -0.2) is 22.4 Å². The minimum absolute atomic E-state index is 0.0497. The Hall–Kier alpha value is -1.28. The van der Waals surface area contributed by atoms with Crippen molar-refractivity contribution in [2.45, 2.75) is 12.2 Å². The molecule has 20 heavy (non-hydrogen) atoms. The van der Waals surface area contributed by atoms with Gasteiger partial charge in [-0.15, -0.1) is 0 Å². The van der Waals surface area contributed by atoms with Gasteiger partial charge in [-0.2, -0.15) is 13.2 Å². The summed E-state index contributed by atoms with van der Waals surface area (Å²) in [5.74, 6) is 0. The van der Waals surface area contributed by atoms with Gasteiger partial charge in [-0.1, -0.05) is 15.9 Å². The molecule has 0 aliphatic rings. The van der Waals surface area contributed by atoms with E-state index in [0.717, 1.165) is 0 Å². The van der Waals surface area contributed by atoms with Crippen molar-refractivity contribution in [1.82, 2.24) is 14.5 Å². The molecule has 2 aromatic rings. The van der Waals surface area contributed by atoms with Gasteiger partial charge in [0.15, 0.2) is 0 Å². The highest BCUT2D eigenvalue weighted by molar-refractivity contribution is 9.10. The van der Waals surface area contributed by atoms with Gasteiger partial charge in [0.1, 0.15) is 6.04 Å². The molecule has 0 aliphatic heterocycles. The zero-order valence-corrected chi connectivity index (χ0v) is 12.6. The lowest BCUT2D eigenvalue weighted by molar-refractivity contribution is -0.156. The summed E-state index contributed by atoms with van der Waals surface area (Å²) in [7, 11) is 4.36. The van der Waals surface area contributed by atoms with Crippen LogP contribution in [0.4, 0.5) is 13.2 Å². The van der Waals surface area contributed by atoms with Gasteiger partial charge in [-0.05, 0) is 24.7 Å². The maximum Gasteiger partial charge on any atom is 0.407 e. The zero-order valence-electron chi connectivity index (χ0n) is 11.0. The van der Waals surface area contributed by atoms with Crippen molar-refractivity contribution in [3.05, 3.63) is 32.7 Å². The van der Waals surface area contributed by atoms with E-state index in [2.05, 4.69) is 21.2 Å². The molecule has 0 saturated heterocycles. The van der Waals surface area contributed by atoms with Crippen LogP contribution in [0.2, 0.25) is 0 Å². The Morgan fingerprint density at radius 3 is 2.15 bits per heavy atom. The Labute approximate surface area is 121 Å². The largest absolute Gasteiger partial charge is 0.407 e. The molecule has 0 amide bonds. The summed E-state index contributed by atoms with van der Waals surface area (Å²) in [6.07, 6.45) is -4.42. The number of halogens is 4. The summed E-state index contributed by atoms with van der Waals surface area (Å²) in [6, 6.07) is 1.12. The van der Waals surface area contributed by atoms with Crippen LogP contribution in [0.15, 0.2) is 21.4 Å². The van der Waals surface area contributed by atoms with Crippen LogP contribution in [0.1, 0.15) is 11.6 Å². The topological polar surface area (TPSA) is 39.0 Å². The van der Waals surface area contributed by atoms with Crippen molar-refractivity contribution in [3.8, 4) is 0 Å². The summed E-state index contributed by atoms with van der Waals surface area (Å²) in [4.78, 5) is 11.8. The number of aromatic nitrogens is 2. The van der Waals surface area contributed by atoms with E-state index in [4.69, 9.17) is 0 Å². The average molecular weight is 352 g/mol. The fourth-order valence-corrected chi connectivity index (χ4v) is 2.81.